The summed E-state index contributed by atoms with van der Waals surface area (Å²) in [4.78, 5) is 33.9. The maximum absolute atomic E-state index is 12.0. The lowest BCUT2D eigenvalue weighted by Gasteiger charge is -2.11. The minimum absolute atomic E-state index is 0.0742. The van der Waals surface area contributed by atoms with Crippen LogP contribution >= 0.6 is 0 Å². The molecule has 0 saturated carbocycles. The van der Waals surface area contributed by atoms with Crippen molar-refractivity contribution in [1.82, 2.24) is 0 Å². The number of nitrogens with zero attached hydrogens (tertiary/aromatic N) is 1. The molecule has 0 radical (unpaired) electrons. The Balaban J connectivity index is 2.06. The molecule has 0 unspecified atom stereocenters. The number of hydrogen-bond acceptors (Lipinski definition) is 5. The zero-order chi connectivity index (χ0) is 17.7. The van der Waals surface area contributed by atoms with E-state index in [0.717, 1.165) is 0 Å². The molecule has 1 amide bonds. The molecule has 7 nitrogen and oxygen atoms in total. The lowest BCUT2D eigenvalue weighted by Crippen LogP contribution is -2.21. The summed E-state index contributed by atoms with van der Waals surface area (Å²) in [5.41, 5.74) is 1.07. The van der Waals surface area contributed by atoms with Crippen molar-refractivity contribution < 1.29 is 19.2 Å². The smallest absolute Gasteiger partial charge is 0.276 e. The first kappa shape index (κ1) is 17.1. The van der Waals surface area contributed by atoms with Gasteiger partial charge >= 0.3 is 0 Å². The number of nitro benzene ring substituents is 1. The van der Waals surface area contributed by atoms with E-state index in [2.05, 4.69) is 5.32 Å². The van der Waals surface area contributed by atoms with Crippen molar-refractivity contribution in [2.45, 2.75) is 13.8 Å². The monoisotopic (exact) mass is 328 g/mol. The van der Waals surface area contributed by atoms with Gasteiger partial charge in [-0.25, -0.2) is 0 Å². The van der Waals surface area contributed by atoms with Crippen LogP contribution in [0.1, 0.15) is 22.8 Å². The van der Waals surface area contributed by atoms with Crippen molar-refractivity contribution in [2.24, 2.45) is 0 Å². The summed E-state index contributed by atoms with van der Waals surface area (Å²) in [6.07, 6.45) is 0. The summed E-state index contributed by atoms with van der Waals surface area (Å²) in [6, 6.07) is 11.0. The molecule has 7 heteroatoms. The van der Waals surface area contributed by atoms with Gasteiger partial charge in [-0.2, -0.15) is 0 Å². The Morgan fingerprint density at radius 2 is 1.88 bits per heavy atom. The summed E-state index contributed by atoms with van der Waals surface area (Å²) in [5.74, 6) is -0.366. The van der Waals surface area contributed by atoms with E-state index in [1.54, 1.807) is 37.3 Å². The topological polar surface area (TPSA) is 98.5 Å². The predicted octanol–water partition coefficient (Wildman–Crippen LogP) is 3.12. The van der Waals surface area contributed by atoms with E-state index in [0.29, 0.717) is 16.8 Å². The highest BCUT2D eigenvalue weighted by Gasteiger charge is 2.15. The first-order valence-electron chi connectivity index (χ1n) is 7.16. The summed E-state index contributed by atoms with van der Waals surface area (Å²) >= 11 is 0. The zero-order valence-electron chi connectivity index (χ0n) is 13.2. The standard InChI is InChI=1S/C17H16N2O5/c1-11-15(19(22)23)8-5-9-16(11)24-10-17(21)18-14-7-4-3-6-13(14)12(2)20/h3-9H,10H2,1-2H3,(H,18,21). The van der Waals surface area contributed by atoms with Crippen molar-refractivity contribution >= 4 is 23.1 Å². The number of para-hydroxylation sites is 1. The van der Waals surface area contributed by atoms with Crippen molar-refractivity contribution in [3.05, 3.63) is 63.7 Å². The van der Waals surface area contributed by atoms with Gasteiger partial charge in [0.15, 0.2) is 12.4 Å². The maximum atomic E-state index is 12.0. The van der Waals surface area contributed by atoms with Crippen LogP contribution in [0.2, 0.25) is 0 Å². The fraction of sp³-hybridized carbons (Fsp3) is 0.176. The second kappa shape index (κ2) is 7.36. The molecule has 0 bridgehead atoms. The molecule has 0 aromatic heterocycles. The highest BCUT2D eigenvalue weighted by Crippen LogP contribution is 2.27. The van der Waals surface area contributed by atoms with Gasteiger partial charge in [-0.1, -0.05) is 18.2 Å². The Bertz CT molecular complexity index is 801. The van der Waals surface area contributed by atoms with Crippen LogP contribution in [0.5, 0.6) is 5.75 Å². The molecule has 2 aromatic carbocycles. The van der Waals surface area contributed by atoms with Crippen LogP contribution in [-0.2, 0) is 4.79 Å². The number of rotatable bonds is 6. The van der Waals surface area contributed by atoms with Crippen LogP contribution in [0.15, 0.2) is 42.5 Å². The van der Waals surface area contributed by atoms with Gasteiger partial charge in [0.2, 0.25) is 0 Å². The average Bonchev–Trinajstić information content (AvgIpc) is 2.54. The number of benzene rings is 2. The van der Waals surface area contributed by atoms with E-state index in [1.165, 1.54) is 19.1 Å². The molecule has 0 heterocycles. The quantitative estimate of drug-likeness (QED) is 0.499. The van der Waals surface area contributed by atoms with Gasteiger partial charge < -0.3 is 10.1 Å². The lowest BCUT2D eigenvalue weighted by molar-refractivity contribution is -0.385. The van der Waals surface area contributed by atoms with Crippen molar-refractivity contribution in [1.29, 1.82) is 0 Å². The highest BCUT2D eigenvalue weighted by atomic mass is 16.6. The van der Waals surface area contributed by atoms with E-state index in [-0.39, 0.29) is 23.8 Å². The van der Waals surface area contributed by atoms with E-state index >= 15 is 0 Å². The van der Waals surface area contributed by atoms with Gasteiger partial charge in [0.25, 0.3) is 11.6 Å². The highest BCUT2D eigenvalue weighted by molar-refractivity contribution is 6.03. The number of nitrogens with one attached hydrogen (secondary N) is 1. The number of carbonyl (C=O) groups is 2. The van der Waals surface area contributed by atoms with Crippen LogP contribution in [0, 0.1) is 17.0 Å². The number of ketones is 1. The molecular weight excluding hydrogens is 312 g/mol. The summed E-state index contributed by atoms with van der Waals surface area (Å²) < 4.78 is 5.36. The molecule has 1 N–H and O–H groups in total. The average molecular weight is 328 g/mol. The van der Waals surface area contributed by atoms with Crippen LogP contribution in [0.3, 0.4) is 0 Å². The van der Waals surface area contributed by atoms with Crippen LogP contribution < -0.4 is 10.1 Å². The Morgan fingerprint density at radius 3 is 2.54 bits per heavy atom. The minimum Gasteiger partial charge on any atom is -0.483 e. The largest absolute Gasteiger partial charge is 0.483 e. The second-order valence-corrected chi connectivity index (χ2v) is 5.10. The van der Waals surface area contributed by atoms with Crippen molar-refractivity contribution in [3.8, 4) is 5.75 Å². The molecule has 2 rings (SSSR count). The van der Waals surface area contributed by atoms with Crippen LogP contribution in [0.25, 0.3) is 0 Å². The minimum atomic E-state index is -0.509. The lowest BCUT2D eigenvalue weighted by atomic mass is 10.1. The van der Waals surface area contributed by atoms with E-state index in [9.17, 15) is 19.7 Å². The first-order valence-corrected chi connectivity index (χ1v) is 7.16. The third kappa shape index (κ3) is 3.95. The number of ether oxygens (including phenoxy) is 1. The van der Waals surface area contributed by atoms with Gasteiger partial charge in [0, 0.05) is 11.6 Å². The van der Waals surface area contributed by atoms with E-state index in [1.807, 2.05) is 0 Å². The molecule has 24 heavy (non-hydrogen) atoms. The number of anilines is 1. The molecule has 0 spiro atoms. The maximum Gasteiger partial charge on any atom is 0.276 e. The van der Waals surface area contributed by atoms with Gasteiger partial charge in [-0.3, -0.25) is 19.7 Å². The van der Waals surface area contributed by atoms with Gasteiger partial charge in [0.05, 0.1) is 16.2 Å². The Kier molecular flexibility index (Phi) is 5.26. The molecule has 0 fully saturated rings. The van der Waals surface area contributed by atoms with Gasteiger partial charge in [-0.05, 0) is 32.0 Å². The molecule has 2 aromatic rings. The summed E-state index contributed by atoms with van der Waals surface area (Å²) in [6.45, 7) is 2.64. The first-order chi connectivity index (χ1) is 11.4. The number of Topliss-reactive ketones (excluding diaryl/α,β-unsaturated/α-hetero) is 1. The molecule has 0 saturated heterocycles. The third-order valence-corrected chi connectivity index (χ3v) is 3.39. The Hall–Kier alpha value is -3.22. The fourth-order valence-corrected chi connectivity index (χ4v) is 2.19. The van der Waals surface area contributed by atoms with Crippen molar-refractivity contribution in [2.75, 3.05) is 11.9 Å². The predicted molar refractivity (Wildman–Crippen MR) is 88.4 cm³/mol. The molecule has 0 aliphatic rings. The van der Waals surface area contributed by atoms with Crippen molar-refractivity contribution in [3.63, 3.8) is 0 Å². The SMILES string of the molecule is CC(=O)c1ccccc1NC(=O)COc1cccc([N+](=O)[O-])c1C. The molecular formula is C17H16N2O5. The normalized spacial score (nSPS) is 10.1. The Morgan fingerprint density at radius 1 is 1.17 bits per heavy atom. The number of nitro groups is 1. The summed E-state index contributed by atoms with van der Waals surface area (Å²) in [7, 11) is 0. The zero-order valence-corrected chi connectivity index (χ0v) is 13.2. The summed E-state index contributed by atoms with van der Waals surface area (Å²) in [5, 5.41) is 13.5. The number of hydrogen-bond donors (Lipinski definition) is 1. The number of amides is 1. The molecule has 124 valence electrons. The fourth-order valence-electron chi connectivity index (χ4n) is 2.19. The Labute approximate surface area is 138 Å². The van der Waals surface area contributed by atoms with Gasteiger partial charge in [-0.15, -0.1) is 0 Å². The van der Waals surface area contributed by atoms with Crippen LogP contribution in [-0.4, -0.2) is 23.2 Å². The number of carbonyl (C=O) groups excluding carboxylic acids is 2. The second-order valence-electron chi connectivity index (χ2n) is 5.10. The van der Waals surface area contributed by atoms with E-state index < -0.39 is 10.8 Å². The van der Waals surface area contributed by atoms with Crippen LogP contribution in [0.4, 0.5) is 11.4 Å². The van der Waals surface area contributed by atoms with E-state index in [4.69, 9.17) is 4.74 Å². The third-order valence-electron chi connectivity index (χ3n) is 3.39. The molecule has 0 aliphatic heterocycles. The molecule has 0 atom stereocenters. The van der Waals surface area contributed by atoms with Gasteiger partial charge in [0.1, 0.15) is 5.75 Å². The molecule has 0 aliphatic carbocycles.